The molecule has 4 N–H and O–H groups in total. The van der Waals surface area contributed by atoms with E-state index in [-0.39, 0.29) is 25.4 Å². The third kappa shape index (κ3) is 26.8. The highest BCUT2D eigenvalue weighted by Crippen LogP contribution is 2.41. The van der Waals surface area contributed by atoms with Crippen molar-refractivity contribution in [1.29, 1.82) is 0 Å². The fraction of sp³-hybridized carbons (Fsp3) is 0.313. The van der Waals surface area contributed by atoms with Crippen molar-refractivity contribution in [3.05, 3.63) is 226 Å². The highest BCUT2D eigenvalue weighted by Gasteiger charge is 2.28. The minimum absolute atomic E-state index is 0.0458. The van der Waals surface area contributed by atoms with Gasteiger partial charge in [-0.1, -0.05) is 0 Å². The van der Waals surface area contributed by atoms with Gasteiger partial charge >= 0.3 is 6.18 Å². The van der Waals surface area contributed by atoms with Gasteiger partial charge in [0.25, 0.3) is 6.43 Å². The summed E-state index contributed by atoms with van der Waals surface area (Å²) in [6.07, 6.45) is 15.8. The summed E-state index contributed by atoms with van der Waals surface area (Å²) in [4.78, 5) is 45.3. The van der Waals surface area contributed by atoms with Crippen molar-refractivity contribution in [1.82, 2.24) is 94.9 Å². The summed E-state index contributed by atoms with van der Waals surface area (Å²) in [6, 6.07) is 42.5. The maximum absolute atomic E-state index is 14.2. The number of hydrogen-bond donors (Lipinski definition) is 4. The zero-order valence-corrected chi connectivity index (χ0v) is 78.7. The number of halogens is 8. The Morgan fingerprint density at radius 1 is 0.370 bits per heavy atom. The van der Waals surface area contributed by atoms with Crippen LogP contribution < -0.4 is 68.7 Å². The number of alkyl halides is 6. The van der Waals surface area contributed by atoms with Gasteiger partial charge in [-0.15, -0.1) is 0 Å². The summed E-state index contributed by atoms with van der Waals surface area (Å²) in [5.74, 6) is 1.65. The average molecular weight is 1900 g/mol. The van der Waals surface area contributed by atoms with Crippen molar-refractivity contribution in [2.75, 3.05) is 142 Å². The minimum atomic E-state index is -4.20. The van der Waals surface area contributed by atoms with Crippen LogP contribution in [-0.4, -0.2) is 224 Å². The Bertz CT molecular complexity index is 6680. The Labute approximate surface area is 792 Å². The van der Waals surface area contributed by atoms with E-state index >= 15 is 0 Å². The topological polar surface area (TPSA) is 308 Å². The van der Waals surface area contributed by atoms with Gasteiger partial charge in [0, 0.05) is 239 Å². The van der Waals surface area contributed by atoms with Crippen molar-refractivity contribution in [3.63, 3.8) is 0 Å². The van der Waals surface area contributed by atoms with E-state index < -0.39 is 42.9 Å². The number of nitrogens with one attached hydrogen (secondary N) is 3. The van der Waals surface area contributed by atoms with E-state index in [1.54, 1.807) is 128 Å². The maximum Gasteiger partial charge on any atom is 0.390 e. The van der Waals surface area contributed by atoms with Crippen LogP contribution in [-0.2, 0) is 28.2 Å². The van der Waals surface area contributed by atoms with Crippen LogP contribution >= 0.6 is 0 Å². The van der Waals surface area contributed by atoms with Crippen molar-refractivity contribution in [3.8, 4) is 85.3 Å². The SMILES string of the molecule is COc1cc(N(CCCO)c2ccc3ncc(-c4cnn(C)c4)nc3c2)cc(F)c1F.COc1cc(OC)cc(N(CCCNC(C)(C)CF)c2ccc3ncc(-c4cnn(C)c4)nc3c2)c1.COc1cc(OC)cc(N(CCCNCC(F)F)c2ccc3ncc(-c4cnn(C)c4)nc3c2)c1.COc1cc(OC)cc(N(CCNCCC(F)(F)F)c2ccc3ncc(-c4cnn(C)c4)nc3c2)c1. The first kappa shape index (κ1) is 100. The van der Waals surface area contributed by atoms with Crippen LogP contribution in [0.3, 0.4) is 0 Å². The van der Waals surface area contributed by atoms with Crippen molar-refractivity contribution < 1.29 is 73.4 Å². The largest absolute Gasteiger partial charge is 0.497 e. The molecule has 31 nitrogen and oxygen atoms in total. The number of benzene rings is 8. The predicted octanol–water partition coefficient (Wildman–Crippen LogP) is 17.9. The molecule has 0 radical (unpaired) electrons. The van der Waals surface area contributed by atoms with Crippen LogP contribution in [0.2, 0.25) is 0 Å². The molecule has 0 atom stereocenters. The standard InChI is InChI=1S/C27H33FN6O2.C25H27F3N6O2.C25H28F2N6O2.C22H21F2N5O2/c1-27(2,18-28)30-9-6-10-34(21-11-22(35-4)14-23(12-21)36-5)20-7-8-24-25(13-20)32-26(16-29-24)19-15-31-33(3)17-19;1-33-16-17(14-31-33)24-15-30-22-5-4-18(12-23(22)32-24)34(9-8-29-7-6-25(26,27)28)19-10-20(35-2)13-21(11-19)36-3;1-32-16-17(13-30-32)24-14-29-22-6-5-18(11-23(22)31-24)33(8-4-7-28-15-25(26)27)19-9-20(34-2)12-21(10-19)35-3;1-28-13-14(11-26-28)20-12-25-18-5-4-15(9-19(18)27-20)29(6-3-7-30)16-8-17(23)22(24)21(10-16)31-2/h7-8,11-17,30H,6,9-10,18H2,1-5H3;4-5,10-16,29H,6-9H2,1-3H3;5-6,9-14,16,25,28H,4,7-8,15H2,1-3H3;4-5,8-13,30H,3,6-7H2,1-2H3. The second kappa shape index (κ2) is 47.0. The van der Waals surface area contributed by atoms with Crippen molar-refractivity contribution >= 4 is 89.6 Å². The number of ether oxygens (including phenoxy) is 7. The number of nitrogens with zero attached hydrogens (tertiary/aromatic N) is 20. The van der Waals surface area contributed by atoms with Gasteiger partial charge in [0.05, 0.1) is 179 Å². The molecule has 0 aliphatic heterocycles. The number of aliphatic hydroxyl groups excluding tert-OH is 1. The van der Waals surface area contributed by atoms with Gasteiger partial charge in [-0.25, -0.2) is 37.5 Å². The average Bonchev–Trinajstić information content (AvgIpc) is 1.20. The van der Waals surface area contributed by atoms with Gasteiger partial charge in [0.1, 0.15) is 41.2 Å². The molecule has 724 valence electrons. The number of aliphatic hydroxyl groups is 1. The van der Waals surface area contributed by atoms with E-state index in [4.69, 9.17) is 53.1 Å². The lowest BCUT2D eigenvalue weighted by Crippen LogP contribution is -2.42. The molecule has 0 bridgehead atoms. The molecule has 39 heteroatoms. The molecule has 0 aliphatic rings. The Morgan fingerprint density at radius 2 is 0.696 bits per heavy atom. The van der Waals surface area contributed by atoms with Crippen molar-refractivity contribution in [2.45, 2.75) is 57.7 Å². The summed E-state index contributed by atoms with van der Waals surface area (Å²) < 4.78 is 149. The van der Waals surface area contributed by atoms with Crippen molar-refractivity contribution in [2.24, 2.45) is 28.2 Å². The summed E-state index contributed by atoms with van der Waals surface area (Å²) in [5.41, 5.74) is 17.9. The summed E-state index contributed by atoms with van der Waals surface area (Å²) >= 11 is 0. The number of methoxy groups -OCH3 is 7. The van der Waals surface area contributed by atoms with Gasteiger partial charge in [-0.2, -0.15) is 38.0 Å². The van der Waals surface area contributed by atoms with Crippen LogP contribution in [0.5, 0.6) is 40.2 Å². The van der Waals surface area contributed by atoms with E-state index in [0.29, 0.717) is 132 Å². The van der Waals surface area contributed by atoms with Gasteiger partial charge in [0.15, 0.2) is 11.6 Å². The number of fused-ring (bicyclic) bond motifs is 4. The van der Waals surface area contributed by atoms with E-state index in [0.717, 1.165) is 108 Å². The third-order valence-electron chi connectivity index (χ3n) is 22.0. The molecule has 0 amide bonds. The Hall–Kier alpha value is -15.0. The van der Waals surface area contributed by atoms with Gasteiger partial charge in [-0.3, -0.25) is 38.7 Å². The van der Waals surface area contributed by atoms with Crippen LogP contribution in [0.4, 0.5) is 80.6 Å². The zero-order chi connectivity index (χ0) is 98.2. The van der Waals surface area contributed by atoms with E-state index in [1.165, 1.54) is 13.2 Å². The lowest BCUT2D eigenvalue weighted by molar-refractivity contribution is -0.133. The molecule has 8 heterocycles. The molecule has 0 fully saturated rings. The molecule has 138 heavy (non-hydrogen) atoms. The second-order valence-corrected chi connectivity index (χ2v) is 32.5. The highest BCUT2D eigenvalue weighted by atomic mass is 19.4. The molecule has 8 aromatic heterocycles. The lowest BCUT2D eigenvalue weighted by atomic mass is 10.1. The van der Waals surface area contributed by atoms with E-state index in [9.17, 15) is 40.2 Å². The number of aryl methyl sites for hydroxylation is 4. The number of aromatic nitrogens is 16. The molecule has 0 spiro atoms. The normalized spacial score (nSPS) is 11.4. The maximum atomic E-state index is 14.2. The zero-order valence-electron chi connectivity index (χ0n) is 78.7. The first-order valence-corrected chi connectivity index (χ1v) is 44.1. The lowest BCUT2D eigenvalue weighted by Gasteiger charge is -2.28. The Balaban J connectivity index is 0.000000156. The molecule has 0 saturated heterocycles. The highest BCUT2D eigenvalue weighted by molar-refractivity contribution is 5.87. The number of rotatable bonds is 39. The first-order chi connectivity index (χ1) is 66.5. The second-order valence-electron chi connectivity index (χ2n) is 32.5. The number of anilines is 8. The summed E-state index contributed by atoms with van der Waals surface area (Å²) in [7, 11) is 18.3. The first-order valence-electron chi connectivity index (χ1n) is 44.1. The fourth-order valence-electron chi connectivity index (χ4n) is 14.8. The molecular formula is C99H109F8N23O8. The number of hydrogen-bond acceptors (Lipinski definition) is 27. The van der Waals surface area contributed by atoms with Gasteiger partial charge in [0.2, 0.25) is 5.82 Å². The molecule has 0 unspecified atom stereocenters. The molecular weight excluding hydrogens is 1790 g/mol. The monoisotopic (exact) mass is 1900 g/mol. The van der Waals surface area contributed by atoms with Crippen LogP contribution in [0.25, 0.3) is 89.2 Å². The minimum Gasteiger partial charge on any atom is -0.497 e. The summed E-state index contributed by atoms with van der Waals surface area (Å²) in [5, 5.41) is 35.1. The molecule has 0 aliphatic carbocycles. The Kier molecular flexibility index (Phi) is 34.2. The quantitative estimate of drug-likeness (QED) is 0.0205. The van der Waals surface area contributed by atoms with Gasteiger partial charge in [-0.05, 0) is 119 Å². The predicted molar refractivity (Wildman–Crippen MR) is 518 cm³/mol. The van der Waals surface area contributed by atoms with Gasteiger partial charge < -0.3 is 73.8 Å². The Morgan fingerprint density at radius 3 is 0.993 bits per heavy atom. The molecule has 8 aromatic carbocycles. The van der Waals surface area contributed by atoms with E-state index in [2.05, 4.69) is 66.1 Å². The van der Waals surface area contributed by atoms with Crippen LogP contribution in [0, 0.1) is 11.6 Å². The fourth-order valence-corrected chi connectivity index (χ4v) is 14.8. The third-order valence-corrected chi connectivity index (χ3v) is 22.0. The molecule has 16 aromatic rings. The summed E-state index contributed by atoms with van der Waals surface area (Å²) in [6.45, 7) is 6.28. The van der Waals surface area contributed by atoms with E-state index in [1.807, 2.05) is 187 Å². The molecule has 16 rings (SSSR count). The van der Waals surface area contributed by atoms with Crippen LogP contribution in [0.1, 0.15) is 39.5 Å². The smallest absolute Gasteiger partial charge is 0.390 e. The molecule has 0 saturated carbocycles. The van der Waals surface area contributed by atoms with Crippen LogP contribution in [0.15, 0.2) is 214 Å².